The van der Waals surface area contributed by atoms with Gasteiger partial charge in [-0.2, -0.15) is 8.78 Å². The van der Waals surface area contributed by atoms with Crippen molar-refractivity contribution in [2.45, 2.75) is 46.5 Å². The molecule has 158 valence electrons. The summed E-state index contributed by atoms with van der Waals surface area (Å²) in [4.78, 5) is 14.4. The smallest absolute Gasteiger partial charge is 0.387 e. The SMILES string of the molecule is CCOc1cc(CN(C)C(C)C(=O)NCc2ccc(C)cc2)ccc1OC(F)F. The molecule has 2 aromatic carbocycles. The lowest BCUT2D eigenvalue weighted by molar-refractivity contribution is -0.125. The van der Waals surface area contributed by atoms with E-state index in [1.54, 1.807) is 19.1 Å². The van der Waals surface area contributed by atoms with Gasteiger partial charge in [0.2, 0.25) is 5.91 Å². The number of hydrogen-bond acceptors (Lipinski definition) is 4. The summed E-state index contributed by atoms with van der Waals surface area (Å²) in [7, 11) is 1.83. The largest absolute Gasteiger partial charge is 0.490 e. The average molecular weight is 406 g/mol. The molecule has 0 fully saturated rings. The summed E-state index contributed by atoms with van der Waals surface area (Å²) < 4.78 is 35.0. The minimum atomic E-state index is -2.92. The summed E-state index contributed by atoms with van der Waals surface area (Å²) in [5.74, 6) is 0.170. The number of rotatable bonds is 10. The van der Waals surface area contributed by atoms with Crippen molar-refractivity contribution in [1.82, 2.24) is 10.2 Å². The number of benzene rings is 2. The first-order valence-electron chi connectivity index (χ1n) is 9.54. The van der Waals surface area contributed by atoms with Crippen LogP contribution in [0.15, 0.2) is 42.5 Å². The minimum Gasteiger partial charge on any atom is -0.490 e. The Kier molecular flexibility index (Phi) is 8.39. The second-order valence-corrected chi connectivity index (χ2v) is 6.89. The van der Waals surface area contributed by atoms with Crippen LogP contribution in [-0.4, -0.2) is 37.1 Å². The fourth-order valence-electron chi connectivity index (χ4n) is 2.78. The highest BCUT2D eigenvalue weighted by Crippen LogP contribution is 2.30. The van der Waals surface area contributed by atoms with Gasteiger partial charge >= 0.3 is 6.61 Å². The summed E-state index contributed by atoms with van der Waals surface area (Å²) >= 11 is 0. The van der Waals surface area contributed by atoms with Crippen LogP contribution in [0, 0.1) is 6.92 Å². The molecule has 1 atom stereocenters. The third kappa shape index (κ3) is 7.02. The third-order valence-electron chi connectivity index (χ3n) is 4.58. The van der Waals surface area contributed by atoms with E-state index >= 15 is 0 Å². The second kappa shape index (κ2) is 10.8. The van der Waals surface area contributed by atoms with Gasteiger partial charge in [0.25, 0.3) is 0 Å². The molecule has 0 aliphatic carbocycles. The summed E-state index contributed by atoms with van der Waals surface area (Å²) in [5.41, 5.74) is 3.04. The normalized spacial score (nSPS) is 12.1. The Hall–Kier alpha value is -2.67. The molecule has 0 aliphatic heterocycles. The number of halogens is 2. The fraction of sp³-hybridized carbons (Fsp3) is 0.409. The molecular weight excluding hydrogens is 378 g/mol. The maximum absolute atomic E-state index is 12.5. The van der Waals surface area contributed by atoms with E-state index in [2.05, 4.69) is 10.1 Å². The van der Waals surface area contributed by atoms with Crippen molar-refractivity contribution < 1.29 is 23.0 Å². The molecular formula is C22H28F2N2O3. The number of nitrogens with zero attached hydrogens (tertiary/aromatic N) is 1. The number of carbonyl (C=O) groups excluding carboxylic acids is 1. The number of hydrogen-bond donors (Lipinski definition) is 1. The van der Waals surface area contributed by atoms with Crippen LogP contribution < -0.4 is 14.8 Å². The maximum Gasteiger partial charge on any atom is 0.387 e. The molecule has 0 heterocycles. The van der Waals surface area contributed by atoms with E-state index < -0.39 is 6.61 Å². The lowest BCUT2D eigenvalue weighted by Gasteiger charge is -2.24. The predicted octanol–water partition coefficient (Wildman–Crippen LogP) is 4.13. The Bertz CT molecular complexity index is 797. The molecule has 7 heteroatoms. The molecule has 1 unspecified atom stereocenters. The van der Waals surface area contributed by atoms with Gasteiger partial charge in [-0.15, -0.1) is 0 Å². The van der Waals surface area contributed by atoms with Crippen molar-refractivity contribution in [1.29, 1.82) is 0 Å². The van der Waals surface area contributed by atoms with E-state index in [1.165, 1.54) is 11.6 Å². The van der Waals surface area contributed by atoms with Gasteiger partial charge in [0.05, 0.1) is 12.6 Å². The Morgan fingerprint density at radius 2 is 1.76 bits per heavy atom. The van der Waals surface area contributed by atoms with Crippen LogP contribution in [-0.2, 0) is 17.9 Å². The lowest BCUT2D eigenvalue weighted by atomic mass is 10.1. The first-order valence-corrected chi connectivity index (χ1v) is 9.54. The summed E-state index contributed by atoms with van der Waals surface area (Å²) in [5, 5.41) is 2.94. The van der Waals surface area contributed by atoms with Crippen molar-refractivity contribution in [2.75, 3.05) is 13.7 Å². The Balaban J connectivity index is 1.96. The van der Waals surface area contributed by atoms with E-state index in [9.17, 15) is 13.6 Å². The molecule has 0 aliphatic rings. The molecule has 2 rings (SSSR count). The molecule has 0 bridgehead atoms. The highest BCUT2D eigenvalue weighted by molar-refractivity contribution is 5.81. The molecule has 29 heavy (non-hydrogen) atoms. The van der Waals surface area contributed by atoms with E-state index in [-0.39, 0.29) is 23.4 Å². The summed E-state index contributed by atoms with van der Waals surface area (Å²) in [6.07, 6.45) is 0. The molecule has 0 saturated carbocycles. The van der Waals surface area contributed by atoms with Gasteiger partial charge in [0.1, 0.15) is 0 Å². The highest BCUT2D eigenvalue weighted by Gasteiger charge is 2.19. The molecule has 0 spiro atoms. The third-order valence-corrected chi connectivity index (χ3v) is 4.58. The van der Waals surface area contributed by atoms with E-state index in [1.807, 2.05) is 50.1 Å². The zero-order valence-corrected chi connectivity index (χ0v) is 17.2. The monoisotopic (exact) mass is 406 g/mol. The number of nitrogens with one attached hydrogen (secondary N) is 1. The van der Waals surface area contributed by atoms with Crippen LogP contribution in [0.25, 0.3) is 0 Å². The molecule has 5 nitrogen and oxygen atoms in total. The van der Waals surface area contributed by atoms with Crippen LogP contribution in [0.2, 0.25) is 0 Å². The number of carbonyl (C=O) groups is 1. The molecule has 0 saturated heterocycles. The second-order valence-electron chi connectivity index (χ2n) is 6.89. The van der Waals surface area contributed by atoms with Crippen molar-refractivity contribution >= 4 is 5.91 Å². The lowest BCUT2D eigenvalue weighted by Crippen LogP contribution is -2.42. The van der Waals surface area contributed by atoms with Crippen molar-refractivity contribution in [2.24, 2.45) is 0 Å². The van der Waals surface area contributed by atoms with Crippen LogP contribution in [0.5, 0.6) is 11.5 Å². The molecule has 0 radical (unpaired) electrons. The zero-order chi connectivity index (χ0) is 21.4. The van der Waals surface area contributed by atoms with Gasteiger partial charge in [-0.25, -0.2) is 0 Å². The van der Waals surface area contributed by atoms with Crippen molar-refractivity contribution in [3.8, 4) is 11.5 Å². The quantitative estimate of drug-likeness (QED) is 0.645. The molecule has 2 aromatic rings. The number of aryl methyl sites for hydroxylation is 1. The topological polar surface area (TPSA) is 50.8 Å². The van der Waals surface area contributed by atoms with Crippen LogP contribution >= 0.6 is 0 Å². The molecule has 1 N–H and O–H groups in total. The van der Waals surface area contributed by atoms with Gasteiger partial charge in [-0.05, 0) is 51.1 Å². The number of likely N-dealkylation sites (N-methyl/N-ethyl adjacent to an activating group) is 1. The van der Waals surface area contributed by atoms with Crippen LogP contribution in [0.1, 0.15) is 30.5 Å². The number of alkyl halides is 2. The van der Waals surface area contributed by atoms with Crippen LogP contribution in [0.4, 0.5) is 8.78 Å². The molecule has 0 aromatic heterocycles. The van der Waals surface area contributed by atoms with Gasteiger partial charge in [0.15, 0.2) is 11.5 Å². The average Bonchev–Trinajstić information content (AvgIpc) is 2.68. The fourth-order valence-corrected chi connectivity index (χ4v) is 2.78. The van der Waals surface area contributed by atoms with Gasteiger partial charge in [-0.3, -0.25) is 9.69 Å². The van der Waals surface area contributed by atoms with Crippen LogP contribution in [0.3, 0.4) is 0 Å². The van der Waals surface area contributed by atoms with E-state index in [0.717, 1.165) is 11.1 Å². The van der Waals surface area contributed by atoms with E-state index in [0.29, 0.717) is 19.7 Å². The highest BCUT2D eigenvalue weighted by atomic mass is 19.3. The van der Waals surface area contributed by atoms with Crippen molar-refractivity contribution in [3.63, 3.8) is 0 Å². The minimum absolute atomic E-state index is 0.00265. The van der Waals surface area contributed by atoms with Gasteiger partial charge in [0, 0.05) is 13.1 Å². The Morgan fingerprint density at radius 3 is 2.38 bits per heavy atom. The summed E-state index contributed by atoms with van der Waals surface area (Å²) in [6, 6.07) is 12.4. The maximum atomic E-state index is 12.5. The first-order chi connectivity index (χ1) is 13.8. The number of ether oxygens (including phenoxy) is 2. The van der Waals surface area contributed by atoms with E-state index in [4.69, 9.17) is 4.74 Å². The summed E-state index contributed by atoms with van der Waals surface area (Å²) in [6.45, 7) is 3.94. The number of amides is 1. The zero-order valence-electron chi connectivity index (χ0n) is 17.2. The predicted molar refractivity (Wildman–Crippen MR) is 108 cm³/mol. The van der Waals surface area contributed by atoms with Gasteiger partial charge < -0.3 is 14.8 Å². The standard InChI is InChI=1S/C22H28F2N2O3/c1-5-28-20-12-18(10-11-19(20)29-22(23)24)14-26(4)16(3)21(27)25-13-17-8-6-15(2)7-9-17/h6-12,16,22H,5,13-14H2,1-4H3,(H,25,27). The van der Waals surface area contributed by atoms with Crippen molar-refractivity contribution in [3.05, 3.63) is 59.2 Å². The Morgan fingerprint density at radius 1 is 1.10 bits per heavy atom. The first kappa shape index (κ1) is 22.6. The molecule has 1 amide bonds. The van der Waals surface area contributed by atoms with Gasteiger partial charge in [-0.1, -0.05) is 35.9 Å². The Labute approximate surface area is 170 Å².